The second kappa shape index (κ2) is 7.51. The zero-order valence-electron chi connectivity index (χ0n) is 18.3. The minimum Gasteiger partial charge on any atom is -0.497 e. The zero-order valence-corrected chi connectivity index (χ0v) is 18.3. The zero-order chi connectivity index (χ0) is 21.8. The first-order valence-electron chi connectivity index (χ1n) is 11.5. The van der Waals surface area contributed by atoms with Crippen LogP contribution >= 0.6 is 0 Å². The Bertz CT molecular complexity index is 1040. The minimum atomic E-state index is -1.03. The third kappa shape index (κ3) is 3.28. The third-order valence-electron chi connectivity index (χ3n) is 8.47. The quantitative estimate of drug-likeness (QED) is 0.631. The number of aromatic carboxylic acids is 1. The molecule has 4 nitrogen and oxygen atoms in total. The molecule has 0 aromatic heterocycles. The van der Waals surface area contributed by atoms with Gasteiger partial charge < -0.3 is 9.84 Å². The Morgan fingerprint density at radius 3 is 2.52 bits per heavy atom. The lowest BCUT2D eigenvalue weighted by molar-refractivity contribution is 0.0597. The van der Waals surface area contributed by atoms with Gasteiger partial charge in [-0.05, 0) is 109 Å². The van der Waals surface area contributed by atoms with E-state index in [0.29, 0.717) is 34.1 Å². The fourth-order valence-corrected chi connectivity index (χ4v) is 6.88. The van der Waals surface area contributed by atoms with E-state index in [1.165, 1.54) is 31.2 Å². The summed E-state index contributed by atoms with van der Waals surface area (Å²) in [5.74, 6) is 1.28. The van der Waals surface area contributed by atoms with E-state index < -0.39 is 5.97 Å². The van der Waals surface area contributed by atoms with Gasteiger partial charge in [0.1, 0.15) is 5.75 Å². The van der Waals surface area contributed by atoms with Crippen LogP contribution in [0.15, 0.2) is 36.4 Å². The number of rotatable bonds is 4. The molecule has 3 aliphatic carbocycles. The standard InChI is InChI=1S/C27H30O4/c1-27-12-3-4-24(27)20-10-7-17-14-23(26(29)30)22(15-21(17)19(20)11-13-27)25(28)16-5-8-18(31-2)9-6-16/h5-6,8-9,14-15,19-20,24H,3-4,7,10-13H2,1-2H3,(H,29,30)/t19-,20+,24-,27-/m0/s1. The Hall–Kier alpha value is -2.62. The molecule has 5 rings (SSSR count). The van der Waals surface area contributed by atoms with Gasteiger partial charge in [0.15, 0.2) is 5.78 Å². The van der Waals surface area contributed by atoms with Gasteiger partial charge in [0.05, 0.1) is 12.7 Å². The van der Waals surface area contributed by atoms with E-state index in [2.05, 4.69) is 6.92 Å². The van der Waals surface area contributed by atoms with E-state index in [0.717, 1.165) is 30.7 Å². The fraction of sp³-hybridized carbons (Fsp3) is 0.481. The van der Waals surface area contributed by atoms with Gasteiger partial charge in [0.2, 0.25) is 0 Å². The van der Waals surface area contributed by atoms with Crippen molar-refractivity contribution >= 4 is 11.8 Å². The molecule has 1 N–H and O–H groups in total. The van der Waals surface area contributed by atoms with Gasteiger partial charge >= 0.3 is 5.97 Å². The summed E-state index contributed by atoms with van der Waals surface area (Å²) in [4.78, 5) is 25.4. The molecule has 162 valence electrons. The molecule has 2 fully saturated rings. The lowest BCUT2D eigenvalue weighted by Crippen LogP contribution is -2.39. The van der Waals surface area contributed by atoms with Crippen molar-refractivity contribution in [3.63, 3.8) is 0 Å². The molecule has 4 atom stereocenters. The SMILES string of the molecule is COc1ccc(C(=O)c2cc3c(cc2C(=O)O)CC[C@@H]2[C@@H]3CC[C@]3(C)CCC[C@@H]23)cc1. The minimum absolute atomic E-state index is 0.125. The van der Waals surface area contributed by atoms with Gasteiger partial charge in [0.25, 0.3) is 0 Å². The van der Waals surface area contributed by atoms with Crippen LogP contribution in [0.2, 0.25) is 0 Å². The number of hydrogen-bond acceptors (Lipinski definition) is 3. The Labute approximate surface area is 183 Å². The summed E-state index contributed by atoms with van der Waals surface area (Å²) in [6.07, 6.45) is 8.43. The maximum atomic E-state index is 13.3. The van der Waals surface area contributed by atoms with Gasteiger partial charge in [0, 0.05) is 11.1 Å². The summed E-state index contributed by atoms with van der Waals surface area (Å²) in [5.41, 5.74) is 3.76. The van der Waals surface area contributed by atoms with Crippen molar-refractivity contribution in [2.45, 2.75) is 57.8 Å². The normalized spacial score (nSPS) is 28.9. The molecule has 2 saturated carbocycles. The fourth-order valence-electron chi connectivity index (χ4n) is 6.88. The Kier molecular flexibility index (Phi) is 4.91. The number of carboxylic acid groups (broad SMARTS) is 1. The van der Waals surface area contributed by atoms with Crippen LogP contribution < -0.4 is 4.74 Å². The summed E-state index contributed by atoms with van der Waals surface area (Å²) in [6.45, 7) is 2.47. The molecule has 2 aromatic carbocycles. The number of ether oxygens (including phenoxy) is 1. The average Bonchev–Trinajstić information content (AvgIpc) is 3.19. The molecule has 2 aromatic rings. The van der Waals surface area contributed by atoms with Gasteiger partial charge in [-0.3, -0.25) is 4.79 Å². The first-order valence-corrected chi connectivity index (χ1v) is 11.5. The van der Waals surface area contributed by atoms with Crippen LogP contribution in [0, 0.1) is 17.3 Å². The summed E-state index contributed by atoms with van der Waals surface area (Å²) in [7, 11) is 1.58. The number of hydrogen-bond donors (Lipinski definition) is 1. The highest BCUT2D eigenvalue weighted by atomic mass is 16.5. The predicted octanol–water partition coefficient (Wildman–Crippen LogP) is 5.87. The van der Waals surface area contributed by atoms with Crippen LogP contribution in [-0.4, -0.2) is 24.0 Å². The number of aryl methyl sites for hydroxylation is 1. The lowest BCUT2D eigenvalue weighted by atomic mass is 9.55. The van der Waals surface area contributed by atoms with Crippen LogP contribution in [-0.2, 0) is 6.42 Å². The van der Waals surface area contributed by atoms with Crippen molar-refractivity contribution in [3.05, 3.63) is 64.2 Å². The lowest BCUT2D eigenvalue weighted by Gasteiger charge is -2.49. The summed E-state index contributed by atoms with van der Waals surface area (Å²) < 4.78 is 5.19. The van der Waals surface area contributed by atoms with E-state index in [4.69, 9.17) is 4.74 Å². The highest BCUT2D eigenvalue weighted by Crippen LogP contribution is 2.60. The molecule has 4 heteroatoms. The number of carbonyl (C=O) groups is 2. The smallest absolute Gasteiger partial charge is 0.336 e. The number of carbonyl (C=O) groups excluding carboxylic acids is 1. The van der Waals surface area contributed by atoms with Crippen LogP contribution in [0.5, 0.6) is 5.75 Å². The van der Waals surface area contributed by atoms with Gasteiger partial charge in [-0.1, -0.05) is 13.3 Å². The van der Waals surface area contributed by atoms with Gasteiger partial charge in [-0.2, -0.15) is 0 Å². The number of fused-ring (bicyclic) bond motifs is 5. The molecule has 0 saturated heterocycles. The van der Waals surface area contributed by atoms with Crippen molar-refractivity contribution in [2.24, 2.45) is 17.3 Å². The molecular weight excluding hydrogens is 388 g/mol. The first-order chi connectivity index (χ1) is 14.9. The van der Waals surface area contributed by atoms with E-state index >= 15 is 0 Å². The molecule has 31 heavy (non-hydrogen) atoms. The number of benzene rings is 2. The third-order valence-corrected chi connectivity index (χ3v) is 8.47. The topological polar surface area (TPSA) is 63.6 Å². The van der Waals surface area contributed by atoms with Gasteiger partial charge in [-0.25, -0.2) is 4.79 Å². The van der Waals surface area contributed by atoms with Crippen molar-refractivity contribution in [3.8, 4) is 5.75 Å². The van der Waals surface area contributed by atoms with E-state index in [1.807, 2.05) is 6.07 Å². The molecule has 0 radical (unpaired) electrons. The second-order valence-electron chi connectivity index (χ2n) is 9.96. The van der Waals surface area contributed by atoms with Crippen molar-refractivity contribution in [1.82, 2.24) is 0 Å². The molecule has 3 aliphatic rings. The van der Waals surface area contributed by atoms with E-state index in [-0.39, 0.29) is 11.3 Å². The molecule has 0 amide bonds. The number of methoxy groups -OCH3 is 1. The Morgan fingerprint density at radius 1 is 1.03 bits per heavy atom. The maximum absolute atomic E-state index is 13.3. The molecule has 0 bridgehead atoms. The molecule has 0 unspecified atom stereocenters. The summed E-state index contributed by atoms with van der Waals surface area (Å²) >= 11 is 0. The Morgan fingerprint density at radius 2 is 1.81 bits per heavy atom. The monoisotopic (exact) mass is 418 g/mol. The Balaban J connectivity index is 1.56. The van der Waals surface area contributed by atoms with Crippen molar-refractivity contribution in [2.75, 3.05) is 7.11 Å². The van der Waals surface area contributed by atoms with E-state index in [9.17, 15) is 14.7 Å². The van der Waals surface area contributed by atoms with Crippen LogP contribution in [0.1, 0.15) is 88.8 Å². The van der Waals surface area contributed by atoms with Gasteiger partial charge in [-0.15, -0.1) is 0 Å². The second-order valence-corrected chi connectivity index (χ2v) is 9.96. The van der Waals surface area contributed by atoms with Crippen molar-refractivity contribution < 1.29 is 19.4 Å². The highest BCUT2D eigenvalue weighted by Gasteiger charge is 2.50. The molecule has 0 spiro atoms. The van der Waals surface area contributed by atoms with E-state index in [1.54, 1.807) is 37.4 Å². The van der Waals surface area contributed by atoms with Crippen LogP contribution in [0.25, 0.3) is 0 Å². The largest absolute Gasteiger partial charge is 0.497 e. The highest BCUT2D eigenvalue weighted by molar-refractivity contribution is 6.14. The van der Waals surface area contributed by atoms with Crippen molar-refractivity contribution in [1.29, 1.82) is 0 Å². The first kappa shape index (κ1) is 20.3. The average molecular weight is 419 g/mol. The molecule has 0 aliphatic heterocycles. The molecular formula is C27H30O4. The summed E-state index contributed by atoms with van der Waals surface area (Å²) in [5, 5.41) is 9.86. The van der Waals surface area contributed by atoms with Crippen LogP contribution in [0.4, 0.5) is 0 Å². The predicted molar refractivity (Wildman–Crippen MR) is 119 cm³/mol. The number of carboxylic acids is 1. The van der Waals surface area contributed by atoms with Crippen LogP contribution in [0.3, 0.4) is 0 Å². The summed E-state index contributed by atoms with van der Waals surface area (Å²) in [6, 6.07) is 10.6. The molecule has 0 heterocycles. The number of ketones is 1. The maximum Gasteiger partial charge on any atom is 0.336 e.